The van der Waals surface area contributed by atoms with Gasteiger partial charge in [0.05, 0.1) is 24.1 Å². The Morgan fingerprint density at radius 3 is 2.79 bits per heavy atom. The van der Waals surface area contributed by atoms with Crippen LogP contribution in [0.4, 0.5) is 0 Å². The number of pyridine rings is 1. The zero-order valence-electron chi connectivity index (χ0n) is 14.0. The summed E-state index contributed by atoms with van der Waals surface area (Å²) in [5, 5.41) is 37.3. The molecule has 4 N–H and O–H groups in total. The smallest absolute Gasteiger partial charge is 0.141 e. The van der Waals surface area contributed by atoms with Crippen molar-refractivity contribution in [2.24, 2.45) is 5.92 Å². The second-order valence-electron chi connectivity index (χ2n) is 6.62. The molecule has 7 nitrogen and oxygen atoms in total. The average molecular weight is 332 g/mol. The van der Waals surface area contributed by atoms with E-state index in [0.29, 0.717) is 29.9 Å². The molecule has 2 aromatic heterocycles. The first-order chi connectivity index (χ1) is 11.5. The average Bonchev–Trinajstić information content (AvgIpc) is 3.11. The van der Waals surface area contributed by atoms with Crippen LogP contribution in [0.2, 0.25) is 0 Å². The molecule has 1 aliphatic rings. The number of aliphatic hydroxyl groups is 2. The Morgan fingerprint density at radius 2 is 2.12 bits per heavy atom. The van der Waals surface area contributed by atoms with Crippen molar-refractivity contribution in [3.05, 3.63) is 40.5 Å². The minimum absolute atomic E-state index is 0.107. The van der Waals surface area contributed by atoms with Gasteiger partial charge in [-0.25, -0.2) is 0 Å². The number of hydrogen-bond donors (Lipinski definition) is 4. The molecule has 0 aromatic carbocycles. The van der Waals surface area contributed by atoms with Gasteiger partial charge in [-0.15, -0.1) is 0 Å². The summed E-state index contributed by atoms with van der Waals surface area (Å²) in [6.45, 7) is 5.28. The third kappa shape index (κ3) is 3.43. The monoisotopic (exact) mass is 332 g/mol. The lowest BCUT2D eigenvalue weighted by Gasteiger charge is -2.19. The minimum Gasteiger partial charge on any atom is -0.506 e. The molecule has 0 radical (unpaired) electrons. The van der Waals surface area contributed by atoms with Crippen LogP contribution in [0.15, 0.2) is 12.3 Å². The molecule has 3 rings (SSSR count). The molecule has 0 bridgehead atoms. The predicted octanol–water partition coefficient (Wildman–Crippen LogP) is 0.655. The molecule has 2 unspecified atom stereocenters. The molecule has 0 amide bonds. The van der Waals surface area contributed by atoms with Gasteiger partial charge in [0.15, 0.2) is 0 Å². The summed E-state index contributed by atoms with van der Waals surface area (Å²) in [7, 11) is 0. The molecule has 3 heterocycles. The van der Waals surface area contributed by atoms with E-state index >= 15 is 0 Å². The zero-order valence-corrected chi connectivity index (χ0v) is 14.0. The first-order valence-corrected chi connectivity index (χ1v) is 8.16. The van der Waals surface area contributed by atoms with Gasteiger partial charge in [0, 0.05) is 48.6 Å². The fourth-order valence-electron chi connectivity index (χ4n) is 3.34. The Balaban J connectivity index is 1.70. The lowest BCUT2D eigenvalue weighted by Crippen LogP contribution is -2.22. The highest BCUT2D eigenvalue weighted by Crippen LogP contribution is 2.29. The van der Waals surface area contributed by atoms with Crippen LogP contribution in [0.25, 0.3) is 0 Å². The number of aromatic amines is 1. The summed E-state index contributed by atoms with van der Waals surface area (Å²) >= 11 is 0. The van der Waals surface area contributed by atoms with Gasteiger partial charge in [0.25, 0.3) is 0 Å². The number of hydrogen-bond acceptors (Lipinski definition) is 6. The number of aryl methyl sites for hydroxylation is 2. The first kappa shape index (κ1) is 16.9. The molecule has 24 heavy (non-hydrogen) atoms. The number of aliphatic hydroxyl groups excluding tert-OH is 2. The van der Waals surface area contributed by atoms with E-state index in [1.165, 1.54) is 0 Å². The largest absolute Gasteiger partial charge is 0.506 e. The van der Waals surface area contributed by atoms with Crippen LogP contribution in [0.1, 0.15) is 28.2 Å². The van der Waals surface area contributed by atoms with Crippen LogP contribution in [-0.2, 0) is 19.6 Å². The van der Waals surface area contributed by atoms with Crippen molar-refractivity contribution >= 4 is 0 Å². The number of H-pyrrole nitrogens is 1. The van der Waals surface area contributed by atoms with Crippen molar-refractivity contribution in [3.63, 3.8) is 0 Å². The van der Waals surface area contributed by atoms with E-state index < -0.39 is 6.10 Å². The van der Waals surface area contributed by atoms with Crippen molar-refractivity contribution in [1.29, 1.82) is 0 Å². The number of nitrogens with one attached hydrogen (secondary N) is 1. The van der Waals surface area contributed by atoms with E-state index in [4.69, 9.17) is 0 Å². The molecule has 0 aliphatic carbocycles. The van der Waals surface area contributed by atoms with Crippen LogP contribution in [-0.4, -0.2) is 54.6 Å². The molecule has 7 heteroatoms. The summed E-state index contributed by atoms with van der Waals surface area (Å²) in [5.41, 5.74) is 3.83. The molecule has 1 fully saturated rings. The zero-order chi connectivity index (χ0) is 17.3. The predicted molar refractivity (Wildman–Crippen MR) is 88.4 cm³/mol. The van der Waals surface area contributed by atoms with Crippen LogP contribution >= 0.6 is 0 Å². The molecular formula is C17H24N4O3. The maximum absolute atomic E-state index is 10.4. The summed E-state index contributed by atoms with van der Waals surface area (Å²) in [6, 6.07) is 2.00. The molecule has 1 aliphatic heterocycles. The Bertz CT molecular complexity index is 716. The Kier molecular flexibility index (Phi) is 4.84. The Hall–Kier alpha value is -1.96. The molecular weight excluding hydrogens is 308 g/mol. The van der Waals surface area contributed by atoms with Crippen LogP contribution in [0.3, 0.4) is 0 Å². The SMILES string of the molecule is Cc1cc(CC2CN(Cc3c(CO)cnc(C)c3O)CC2O)n[nH]1. The lowest BCUT2D eigenvalue weighted by molar-refractivity contribution is 0.140. The third-order valence-electron chi connectivity index (χ3n) is 4.69. The normalized spacial score (nSPS) is 21.5. The standard InChI is InChI=1S/C17H24N4O3/c1-10-3-14(20-19-10)4-12-6-21(8-16(12)23)7-15-13(9-22)5-18-11(2)17(15)24/h3,5,12,16,22-24H,4,6-9H2,1-2H3,(H,19,20). The van der Waals surface area contributed by atoms with Crippen molar-refractivity contribution in [1.82, 2.24) is 20.1 Å². The van der Waals surface area contributed by atoms with E-state index in [1.807, 2.05) is 13.0 Å². The second-order valence-corrected chi connectivity index (χ2v) is 6.62. The van der Waals surface area contributed by atoms with Crippen LogP contribution in [0.5, 0.6) is 5.75 Å². The number of likely N-dealkylation sites (tertiary alicyclic amines) is 1. The van der Waals surface area contributed by atoms with Gasteiger partial charge in [-0.3, -0.25) is 15.0 Å². The quantitative estimate of drug-likeness (QED) is 0.641. The number of nitrogens with zero attached hydrogens (tertiary/aromatic N) is 3. The summed E-state index contributed by atoms with van der Waals surface area (Å²) < 4.78 is 0. The molecule has 2 atom stereocenters. The first-order valence-electron chi connectivity index (χ1n) is 8.16. The molecule has 1 saturated heterocycles. The lowest BCUT2D eigenvalue weighted by atomic mass is 10.00. The molecule has 0 saturated carbocycles. The van der Waals surface area contributed by atoms with Crippen molar-refractivity contribution in [2.45, 2.75) is 39.5 Å². The van der Waals surface area contributed by atoms with Crippen molar-refractivity contribution < 1.29 is 15.3 Å². The number of β-amino-alcohol motifs (C(OH)–C–C–N with tert-alkyl or cyclic N) is 1. The van der Waals surface area contributed by atoms with Crippen molar-refractivity contribution in [3.8, 4) is 5.75 Å². The van der Waals surface area contributed by atoms with Gasteiger partial charge in [-0.2, -0.15) is 5.10 Å². The summed E-state index contributed by atoms with van der Waals surface area (Å²) in [6.07, 6.45) is 1.89. The maximum Gasteiger partial charge on any atom is 0.141 e. The van der Waals surface area contributed by atoms with E-state index in [-0.39, 0.29) is 18.3 Å². The minimum atomic E-state index is -0.426. The van der Waals surface area contributed by atoms with Gasteiger partial charge in [-0.05, 0) is 26.3 Å². The Labute approximate surface area is 141 Å². The highest BCUT2D eigenvalue weighted by molar-refractivity contribution is 5.40. The highest BCUT2D eigenvalue weighted by atomic mass is 16.3. The van der Waals surface area contributed by atoms with Crippen LogP contribution in [0, 0.1) is 19.8 Å². The van der Waals surface area contributed by atoms with Crippen LogP contribution < -0.4 is 0 Å². The van der Waals surface area contributed by atoms with E-state index in [2.05, 4.69) is 20.1 Å². The molecule has 0 spiro atoms. The van der Waals surface area contributed by atoms with E-state index in [0.717, 1.165) is 24.4 Å². The maximum atomic E-state index is 10.4. The van der Waals surface area contributed by atoms with Gasteiger partial charge < -0.3 is 15.3 Å². The molecule has 2 aromatic rings. The highest BCUT2D eigenvalue weighted by Gasteiger charge is 2.32. The number of aromatic hydroxyl groups is 1. The van der Waals surface area contributed by atoms with Gasteiger partial charge in [-0.1, -0.05) is 0 Å². The fraction of sp³-hybridized carbons (Fsp3) is 0.529. The fourth-order valence-corrected chi connectivity index (χ4v) is 3.34. The van der Waals surface area contributed by atoms with Gasteiger partial charge in [0.2, 0.25) is 0 Å². The third-order valence-corrected chi connectivity index (χ3v) is 4.69. The topological polar surface area (TPSA) is 106 Å². The Morgan fingerprint density at radius 1 is 1.33 bits per heavy atom. The summed E-state index contributed by atoms with van der Waals surface area (Å²) in [5.74, 6) is 0.234. The number of aromatic nitrogens is 3. The summed E-state index contributed by atoms with van der Waals surface area (Å²) in [4.78, 5) is 6.18. The van der Waals surface area contributed by atoms with E-state index in [1.54, 1.807) is 13.1 Å². The second kappa shape index (κ2) is 6.88. The van der Waals surface area contributed by atoms with Crippen molar-refractivity contribution in [2.75, 3.05) is 13.1 Å². The van der Waals surface area contributed by atoms with Gasteiger partial charge in [0.1, 0.15) is 5.75 Å². The molecule has 130 valence electrons. The van der Waals surface area contributed by atoms with Gasteiger partial charge >= 0.3 is 0 Å². The number of rotatable bonds is 5. The van der Waals surface area contributed by atoms with E-state index in [9.17, 15) is 15.3 Å².